The Labute approximate surface area is 113 Å². The van der Waals surface area contributed by atoms with Gasteiger partial charge in [0, 0.05) is 6.07 Å². The molecule has 0 amide bonds. The molecule has 0 bridgehead atoms. The normalized spacial score (nSPS) is 12.2. The Bertz CT molecular complexity index is 504. The van der Waals surface area contributed by atoms with Gasteiger partial charge in [0.05, 0.1) is 11.8 Å². The van der Waals surface area contributed by atoms with Gasteiger partial charge in [0.15, 0.2) is 5.76 Å². The zero-order chi connectivity index (χ0) is 13.7. The maximum absolute atomic E-state index is 5.70. The molecule has 0 aliphatic rings. The van der Waals surface area contributed by atoms with Gasteiger partial charge in [0.2, 0.25) is 0 Å². The predicted molar refractivity (Wildman–Crippen MR) is 72.4 cm³/mol. The highest BCUT2D eigenvalue weighted by Gasteiger charge is 2.03. The molecule has 0 saturated carbocycles. The Morgan fingerprint density at radius 1 is 1.21 bits per heavy atom. The van der Waals surface area contributed by atoms with Crippen molar-refractivity contribution in [3.8, 4) is 11.5 Å². The van der Waals surface area contributed by atoms with E-state index in [9.17, 15) is 0 Å². The summed E-state index contributed by atoms with van der Waals surface area (Å²) in [7, 11) is 0. The van der Waals surface area contributed by atoms with Gasteiger partial charge in [-0.2, -0.15) is 0 Å². The molecule has 1 heterocycles. The molecule has 2 rings (SSSR count). The zero-order valence-electron chi connectivity index (χ0n) is 11.6. The van der Waals surface area contributed by atoms with Crippen LogP contribution >= 0.6 is 0 Å². The summed E-state index contributed by atoms with van der Waals surface area (Å²) in [6.45, 7) is 6.42. The highest BCUT2D eigenvalue weighted by molar-refractivity contribution is 5.31. The van der Waals surface area contributed by atoms with Crippen molar-refractivity contribution >= 4 is 0 Å². The smallest absolute Gasteiger partial charge is 0.174 e. The van der Waals surface area contributed by atoms with E-state index in [1.165, 1.54) is 0 Å². The molecular formula is C15H19NO3. The molecule has 102 valence electrons. The lowest BCUT2D eigenvalue weighted by molar-refractivity contribution is 0.216. The fourth-order valence-electron chi connectivity index (χ4n) is 1.57. The quantitative estimate of drug-likeness (QED) is 0.794. The first kappa shape index (κ1) is 13.5. The van der Waals surface area contributed by atoms with Crippen molar-refractivity contribution < 1.29 is 14.0 Å². The van der Waals surface area contributed by atoms with Crippen LogP contribution in [0, 0.1) is 6.92 Å². The zero-order valence-corrected chi connectivity index (χ0v) is 11.6. The molecule has 0 aliphatic carbocycles. The molecule has 19 heavy (non-hydrogen) atoms. The third-order valence-electron chi connectivity index (χ3n) is 2.79. The summed E-state index contributed by atoms with van der Waals surface area (Å²) in [6.07, 6.45) is 1.22. The molecule has 2 aromatic rings. The van der Waals surface area contributed by atoms with Gasteiger partial charge in [-0.3, -0.25) is 0 Å². The number of ether oxygens (including phenoxy) is 2. The molecule has 0 aliphatic heterocycles. The van der Waals surface area contributed by atoms with Gasteiger partial charge in [0.1, 0.15) is 18.1 Å². The second kappa shape index (κ2) is 6.27. The van der Waals surface area contributed by atoms with E-state index < -0.39 is 0 Å². The van der Waals surface area contributed by atoms with Crippen LogP contribution in [0.3, 0.4) is 0 Å². The Hall–Kier alpha value is -1.97. The minimum atomic E-state index is 0.226. The number of aryl methyl sites for hydroxylation is 1. The summed E-state index contributed by atoms with van der Waals surface area (Å²) in [6, 6.07) is 9.46. The third kappa shape index (κ3) is 4.02. The van der Waals surface area contributed by atoms with Crippen LogP contribution in [0.5, 0.6) is 11.5 Å². The highest BCUT2D eigenvalue weighted by Crippen LogP contribution is 2.20. The van der Waals surface area contributed by atoms with E-state index in [-0.39, 0.29) is 6.10 Å². The lowest BCUT2D eigenvalue weighted by atomic mass is 10.3. The van der Waals surface area contributed by atoms with Crippen molar-refractivity contribution in [2.75, 3.05) is 0 Å². The molecule has 1 aromatic heterocycles. The van der Waals surface area contributed by atoms with Gasteiger partial charge in [-0.05, 0) is 44.5 Å². The predicted octanol–water partition coefficient (Wildman–Crippen LogP) is 3.74. The highest BCUT2D eigenvalue weighted by atomic mass is 16.5. The molecule has 4 heteroatoms. The summed E-state index contributed by atoms with van der Waals surface area (Å²) in [4.78, 5) is 0. The Balaban J connectivity index is 1.88. The first-order chi connectivity index (χ1) is 9.17. The number of hydrogen-bond donors (Lipinski definition) is 0. The number of benzene rings is 1. The molecule has 0 radical (unpaired) electrons. The van der Waals surface area contributed by atoms with E-state index in [0.29, 0.717) is 6.61 Å². The topological polar surface area (TPSA) is 44.5 Å². The van der Waals surface area contributed by atoms with Gasteiger partial charge in [-0.1, -0.05) is 12.1 Å². The largest absolute Gasteiger partial charge is 0.491 e. The molecule has 4 nitrogen and oxygen atoms in total. The molecular weight excluding hydrogens is 242 g/mol. The molecule has 0 fully saturated rings. The third-order valence-corrected chi connectivity index (χ3v) is 2.79. The van der Waals surface area contributed by atoms with E-state index in [2.05, 4.69) is 19.0 Å². The average molecular weight is 261 g/mol. The van der Waals surface area contributed by atoms with E-state index >= 15 is 0 Å². The van der Waals surface area contributed by atoms with Crippen LogP contribution in [0.2, 0.25) is 0 Å². The number of hydrogen-bond acceptors (Lipinski definition) is 4. The minimum absolute atomic E-state index is 0.226. The molecule has 0 saturated heterocycles. The van der Waals surface area contributed by atoms with Crippen LogP contribution in [0.4, 0.5) is 0 Å². The fourth-order valence-corrected chi connectivity index (χ4v) is 1.57. The van der Waals surface area contributed by atoms with Crippen molar-refractivity contribution in [3.63, 3.8) is 0 Å². The first-order valence-electron chi connectivity index (χ1n) is 6.49. The molecule has 0 N–H and O–H groups in total. The molecule has 1 unspecified atom stereocenters. The summed E-state index contributed by atoms with van der Waals surface area (Å²) >= 11 is 0. The van der Waals surface area contributed by atoms with Crippen LogP contribution in [0.25, 0.3) is 0 Å². The summed E-state index contributed by atoms with van der Waals surface area (Å²) in [5, 5.41) is 3.81. The maximum Gasteiger partial charge on any atom is 0.174 e. The van der Waals surface area contributed by atoms with E-state index in [0.717, 1.165) is 29.4 Å². The Morgan fingerprint density at radius 2 is 1.89 bits per heavy atom. The number of nitrogens with zero attached hydrogens (tertiary/aromatic N) is 1. The maximum atomic E-state index is 5.70. The molecule has 1 aromatic carbocycles. The van der Waals surface area contributed by atoms with Crippen molar-refractivity contribution in [3.05, 3.63) is 41.8 Å². The first-order valence-corrected chi connectivity index (χ1v) is 6.49. The van der Waals surface area contributed by atoms with Crippen molar-refractivity contribution in [1.29, 1.82) is 0 Å². The van der Waals surface area contributed by atoms with Crippen LogP contribution in [0.15, 0.2) is 34.9 Å². The van der Waals surface area contributed by atoms with Gasteiger partial charge < -0.3 is 14.0 Å². The number of rotatable bonds is 6. The summed E-state index contributed by atoms with van der Waals surface area (Å²) < 4.78 is 16.4. The van der Waals surface area contributed by atoms with Crippen LogP contribution in [-0.4, -0.2) is 11.3 Å². The van der Waals surface area contributed by atoms with E-state index in [1.54, 1.807) is 0 Å². The molecule has 0 spiro atoms. The SMILES string of the molecule is CCC(C)Oc1ccc(OCc2cc(C)no2)cc1. The van der Waals surface area contributed by atoms with Crippen molar-refractivity contribution in [2.45, 2.75) is 39.9 Å². The van der Waals surface area contributed by atoms with Crippen LogP contribution < -0.4 is 9.47 Å². The van der Waals surface area contributed by atoms with Crippen LogP contribution in [-0.2, 0) is 6.61 Å². The summed E-state index contributed by atoms with van der Waals surface area (Å²) in [5.74, 6) is 2.36. The Kier molecular flexibility index (Phi) is 4.44. The van der Waals surface area contributed by atoms with Gasteiger partial charge in [-0.25, -0.2) is 0 Å². The van der Waals surface area contributed by atoms with Gasteiger partial charge in [0.25, 0.3) is 0 Å². The van der Waals surface area contributed by atoms with Crippen molar-refractivity contribution in [2.24, 2.45) is 0 Å². The van der Waals surface area contributed by atoms with Gasteiger partial charge in [-0.15, -0.1) is 0 Å². The lowest BCUT2D eigenvalue weighted by Crippen LogP contribution is -2.09. The number of aromatic nitrogens is 1. The van der Waals surface area contributed by atoms with E-state index in [1.807, 2.05) is 37.3 Å². The molecule has 1 atom stereocenters. The fraction of sp³-hybridized carbons (Fsp3) is 0.400. The lowest BCUT2D eigenvalue weighted by Gasteiger charge is -2.12. The average Bonchev–Trinajstić information content (AvgIpc) is 2.83. The van der Waals surface area contributed by atoms with Crippen molar-refractivity contribution in [1.82, 2.24) is 5.16 Å². The second-order valence-corrected chi connectivity index (χ2v) is 4.53. The van der Waals surface area contributed by atoms with E-state index in [4.69, 9.17) is 14.0 Å². The Morgan fingerprint density at radius 3 is 2.47 bits per heavy atom. The summed E-state index contributed by atoms with van der Waals surface area (Å²) in [5.41, 5.74) is 0.857. The standard InChI is InChI=1S/C15H19NO3/c1-4-12(3)18-14-7-5-13(6-8-14)17-10-15-9-11(2)16-19-15/h5-9,12H,4,10H2,1-3H3. The second-order valence-electron chi connectivity index (χ2n) is 4.53. The minimum Gasteiger partial charge on any atom is -0.491 e. The van der Waals surface area contributed by atoms with Crippen LogP contribution in [0.1, 0.15) is 31.7 Å². The van der Waals surface area contributed by atoms with Gasteiger partial charge >= 0.3 is 0 Å². The monoisotopic (exact) mass is 261 g/mol.